The minimum Gasteiger partial charge on any atom is -0.468 e. The van der Waals surface area contributed by atoms with Crippen LogP contribution in [0.3, 0.4) is 0 Å². The van der Waals surface area contributed by atoms with Crippen LogP contribution in [0.2, 0.25) is 0 Å². The molecule has 2 unspecified atom stereocenters. The maximum absolute atomic E-state index is 16.0. The van der Waals surface area contributed by atoms with Gasteiger partial charge in [0.15, 0.2) is 28.9 Å². The average molecular weight is 579 g/mol. The van der Waals surface area contributed by atoms with Crippen LogP contribution in [0.5, 0.6) is 5.75 Å². The maximum atomic E-state index is 16.0. The van der Waals surface area contributed by atoms with Crippen molar-refractivity contribution in [1.29, 1.82) is 0 Å². The summed E-state index contributed by atoms with van der Waals surface area (Å²) in [6.45, 7) is 2.09. The SMILES string of the molecule is COC(=O)[C@H](C)NP(=O)(OC[C@H]1OC(n2cnc3c(NC4CCC4)ncnc32)[C@](C)(F)[C@@H]1O)Oc1ccccc1. The molecule has 0 amide bonds. The van der Waals surface area contributed by atoms with E-state index in [1.807, 2.05) is 0 Å². The van der Waals surface area contributed by atoms with Crippen molar-refractivity contribution in [3.63, 3.8) is 0 Å². The highest BCUT2D eigenvalue weighted by Gasteiger charge is 2.56. The number of aromatic nitrogens is 4. The Balaban J connectivity index is 1.35. The van der Waals surface area contributed by atoms with E-state index in [4.69, 9.17) is 13.8 Å². The fourth-order valence-electron chi connectivity index (χ4n) is 4.57. The number of aliphatic hydroxyl groups excluding tert-OH is 1. The fraction of sp³-hybridized carbons (Fsp3) is 0.520. The summed E-state index contributed by atoms with van der Waals surface area (Å²) in [7, 11) is -3.05. The number of anilines is 1. The summed E-state index contributed by atoms with van der Waals surface area (Å²) >= 11 is 0. The van der Waals surface area contributed by atoms with Gasteiger partial charge in [-0.1, -0.05) is 18.2 Å². The second-order valence-corrected chi connectivity index (χ2v) is 11.7. The number of methoxy groups -OCH3 is 1. The van der Waals surface area contributed by atoms with Crippen molar-refractivity contribution in [2.75, 3.05) is 19.0 Å². The number of imidazole rings is 1. The third-order valence-corrected chi connectivity index (χ3v) is 8.70. The van der Waals surface area contributed by atoms with Gasteiger partial charge in [0.25, 0.3) is 0 Å². The lowest BCUT2D eigenvalue weighted by molar-refractivity contribution is -0.142. The van der Waals surface area contributed by atoms with Gasteiger partial charge in [-0.2, -0.15) is 5.09 Å². The molecule has 1 aromatic carbocycles. The number of hydrogen-bond donors (Lipinski definition) is 3. The third-order valence-electron chi connectivity index (χ3n) is 7.06. The second kappa shape index (κ2) is 11.4. The van der Waals surface area contributed by atoms with E-state index < -0.39 is 50.5 Å². The van der Waals surface area contributed by atoms with Gasteiger partial charge in [-0.15, -0.1) is 0 Å². The number of carbonyl (C=O) groups excluding carboxylic acids is 1. The smallest absolute Gasteiger partial charge is 0.459 e. The number of fused-ring (bicyclic) bond motifs is 1. The predicted octanol–water partition coefficient (Wildman–Crippen LogP) is 3.13. The van der Waals surface area contributed by atoms with Crippen LogP contribution in [0, 0.1) is 0 Å². The predicted molar refractivity (Wildman–Crippen MR) is 141 cm³/mol. The maximum Gasteiger partial charge on any atom is 0.459 e. The molecule has 2 aromatic heterocycles. The van der Waals surface area contributed by atoms with Crippen molar-refractivity contribution in [1.82, 2.24) is 24.6 Å². The molecule has 1 saturated carbocycles. The van der Waals surface area contributed by atoms with Gasteiger partial charge in [0, 0.05) is 6.04 Å². The van der Waals surface area contributed by atoms with Crippen LogP contribution in [0.1, 0.15) is 39.3 Å². The zero-order valence-electron chi connectivity index (χ0n) is 22.3. The summed E-state index contributed by atoms with van der Waals surface area (Å²) in [6, 6.07) is 7.41. The molecule has 0 bridgehead atoms. The summed E-state index contributed by atoms with van der Waals surface area (Å²) in [5.41, 5.74) is -1.53. The number of halogens is 1. The summed E-state index contributed by atoms with van der Waals surface area (Å²) in [5, 5.41) is 16.7. The number of alkyl halides is 1. The first-order valence-corrected chi connectivity index (χ1v) is 14.5. The topological polar surface area (TPSA) is 159 Å². The van der Waals surface area contributed by atoms with Crippen LogP contribution >= 0.6 is 7.75 Å². The third kappa shape index (κ3) is 5.68. The second-order valence-electron chi connectivity index (χ2n) is 10.0. The number of aliphatic hydroxyl groups is 1. The van der Waals surface area contributed by atoms with Gasteiger partial charge in [0.1, 0.15) is 30.3 Å². The number of esters is 1. The highest BCUT2D eigenvalue weighted by molar-refractivity contribution is 7.52. The molecular weight excluding hydrogens is 546 g/mol. The van der Waals surface area contributed by atoms with Gasteiger partial charge in [0.05, 0.1) is 20.0 Å². The summed E-state index contributed by atoms with van der Waals surface area (Å²) < 4.78 is 52.8. The molecule has 3 aromatic rings. The molecule has 13 nitrogen and oxygen atoms in total. The van der Waals surface area contributed by atoms with Crippen LogP contribution in [0.4, 0.5) is 10.2 Å². The Hall–Kier alpha value is -3.16. The standard InChI is InChI=1S/C25H32FN6O7P/c1-15(23(34)36-3)31-40(35,39-17-10-5-4-6-11-17)37-12-18-20(33)25(2,26)24(38-18)32-14-29-19-21(27-13-28-22(19)32)30-16-8-7-9-16/h4-6,10-11,13-16,18,20,24,33H,7-9,12H2,1-3H3,(H,31,35)(H,27,28,30)/t15-,18+,20+,24?,25+,40?/m0/s1. The number of nitrogens with zero attached hydrogens (tertiary/aromatic N) is 4. The Kier molecular flexibility index (Phi) is 8.07. The first-order chi connectivity index (χ1) is 19.1. The van der Waals surface area contributed by atoms with Crippen molar-refractivity contribution in [2.45, 2.75) is 69.3 Å². The zero-order valence-corrected chi connectivity index (χ0v) is 23.2. The Morgan fingerprint density at radius 3 is 2.73 bits per heavy atom. The molecular formula is C25H32FN6O7P. The molecule has 15 heteroatoms. The number of nitrogens with one attached hydrogen (secondary N) is 2. The van der Waals surface area contributed by atoms with E-state index in [0.717, 1.165) is 19.3 Å². The molecule has 2 aliphatic rings. The molecule has 0 spiro atoms. The van der Waals surface area contributed by atoms with E-state index in [0.29, 0.717) is 23.0 Å². The highest BCUT2D eigenvalue weighted by Crippen LogP contribution is 2.48. The average Bonchev–Trinajstić information content (AvgIpc) is 3.43. The van der Waals surface area contributed by atoms with Gasteiger partial charge in [0.2, 0.25) is 0 Å². The highest BCUT2D eigenvalue weighted by atomic mass is 31.2. The molecule has 1 aliphatic carbocycles. The number of benzene rings is 1. The molecule has 2 fully saturated rings. The van der Waals surface area contributed by atoms with Crippen molar-refractivity contribution >= 4 is 30.7 Å². The Morgan fingerprint density at radius 2 is 2.05 bits per heavy atom. The van der Waals surface area contributed by atoms with E-state index >= 15 is 4.39 Å². The van der Waals surface area contributed by atoms with Crippen LogP contribution < -0.4 is 14.9 Å². The van der Waals surface area contributed by atoms with Gasteiger partial charge < -0.3 is 24.4 Å². The first kappa shape index (κ1) is 28.4. The molecule has 5 rings (SSSR count). The summed E-state index contributed by atoms with van der Waals surface area (Å²) in [4.78, 5) is 24.9. The Labute approximate surface area is 230 Å². The first-order valence-electron chi connectivity index (χ1n) is 12.9. The molecule has 216 valence electrons. The van der Waals surface area contributed by atoms with E-state index in [2.05, 4.69) is 30.1 Å². The largest absolute Gasteiger partial charge is 0.468 e. The van der Waals surface area contributed by atoms with E-state index in [1.54, 1.807) is 30.3 Å². The summed E-state index contributed by atoms with van der Waals surface area (Å²) in [6.07, 6.45) is 1.67. The van der Waals surface area contributed by atoms with Crippen molar-refractivity contribution in [2.24, 2.45) is 0 Å². The minimum atomic E-state index is -4.23. The van der Waals surface area contributed by atoms with Crippen molar-refractivity contribution in [3.05, 3.63) is 43.0 Å². The lowest BCUT2D eigenvalue weighted by Gasteiger charge is -2.27. The Morgan fingerprint density at radius 1 is 1.30 bits per heavy atom. The van der Waals surface area contributed by atoms with Gasteiger partial charge in [-0.05, 0) is 45.2 Å². The van der Waals surface area contributed by atoms with Crippen molar-refractivity contribution < 1.29 is 37.4 Å². The Bertz CT molecular complexity index is 1390. The monoisotopic (exact) mass is 578 g/mol. The number of ether oxygens (including phenoxy) is 2. The minimum absolute atomic E-state index is 0.201. The number of rotatable bonds is 11. The van der Waals surface area contributed by atoms with Crippen LogP contribution in [-0.2, 0) is 23.4 Å². The number of carbonyl (C=O) groups is 1. The molecule has 40 heavy (non-hydrogen) atoms. The zero-order chi connectivity index (χ0) is 28.5. The normalized spacial score (nSPS) is 27.1. The van der Waals surface area contributed by atoms with E-state index in [9.17, 15) is 14.5 Å². The molecule has 3 N–H and O–H groups in total. The molecule has 6 atom stereocenters. The quantitative estimate of drug-likeness (QED) is 0.226. The summed E-state index contributed by atoms with van der Waals surface area (Å²) in [5.74, 6) is 0.0406. The molecule has 3 heterocycles. The van der Waals surface area contributed by atoms with Gasteiger partial charge in [-0.25, -0.2) is 23.9 Å². The lowest BCUT2D eigenvalue weighted by Crippen LogP contribution is -2.41. The molecule has 1 aliphatic heterocycles. The molecule has 0 radical (unpaired) electrons. The van der Waals surface area contributed by atoms with Gasteiger partial charge >= 0.3 is 13.7 Å². The fourth-order valence-corrected chi connectivity index (χ4v) is 6.08. The van der Waals surface area contributed by atoms with Gasteiger partial charge in [-0.3, -0.25) is 13.9 Å². The van der Waals surface area contributed by atoms with Crippen LogP contribution in [-0.4, -0.2) is 74.3 Å². The van der Waals surface area contributed by atoms with Crippen molar-refractivity contribution in [3.8, 4) is 5.75 Å². The molecule has 1 saturated heterocycles. The number of para-hydroxylation sites is 1. The lowest BCUT2D eigenvalue weighted by atomic mass is 9.93. The number of hydrogen-bond acceptors (Lipinski definition) is 11. The van der Waals surface area contributed by atoms with Crippen LogP contribution in [0.15, 0.2) is 43.0 Å². The van der Waals surface area contributed by atoms with E-state index in [1.165, 1.54) is 38.2 Å². The van der Waals surface area contributed by atoms with Crippen LogP contribution in [0.25, 0.3) is 11.2 Å². The van der Waals surface area contributed by atoms with E-state index in [-0.39, 0.29) is 5.75 Å².